The highest BCUT2D eigenvalue weighted by atomic mass is 16.1. The third-order valence-electron chi connectivity index (χ3n) is 4.02. The van der Waals surface area contributed by atoms with Crippen LogP contribution in [0, 0.1) is 5.92 Å². The van der Waals surface area contributed by atoms with Gasteiger partial charge in [-0.3, -0.25) is 0 Å². The van der Waals surface area contributed by atoms with Gasteiger partial charge in [-0.2, -0.15) is 0 Å². The van der Waals surface area contributed by atoms with Crippen molar-refractivity contribution in [1.82, 2.24) is 0 Å². The van der Waals surface area contributed by atoms with E-state index in [9.17, 15) is 4.79 Å². The van der Waals surface area contributed by atoms with Crippen LogP contribution in [0.4, 0.5) is 0 Å². The van der Waals surface area contributed by atoms with Crippen molar-refractivity contribution in [2.45, 2.75) is 83.5 Å². The Hall–Kier alpha value is -0.550. The van der Waals surface area contributed by atoms with Gasteiger partial charge in [0.15, 0.2) is 0 Å². The number of rotatable bonds is 9. The number of unbranched alkanes of at least 4 members (excludes halogenated alkanes) is 6. The van der Waals surface area contributed by atoms with Gasteiger partial charge in [0.1, 0.15) is 5.94 Å². The largest absolute Gasteiger partial charge is 0.234 e. The summed E-state index contributed by atoms with van der Waals surface area (Å²) >= 11 is 0. The van der Waals surface area contributed by atoms with Crippen molar-refractivity contribution < 1.29 is 4.79 Å². The smallest absolute Gasteiger partial charge is 0.120 e. The molecule has 0 heterocycles. The van der Waals surface area contributed by atoms with E-state index >= 15 is 0 Å². The van der Waals surface area contributed by atoms with Crippen LogP contribution in [0.25, 0.3) is 0 Å². The second-order valence-corrected chi connectivity index (χ2v) is 5.52. The Morgan fingerprint density at radius 1 is 0.882 bits per heavy atom. The van der Waals surface area contributed by atoms with E-state index in [1.54, 1.807) is 6.08 Å². The average Bonchev–Trinajstić information content (AvgIpc) is 2.38. The molecular formula is C16H28O. The van der Waals surface area contributed by atoms with Gasteiger partial charge in [-0.05, 0) is 24.8 Å². The summed E-state index contributed by atoms with van der Waals surface area (Å²) in [7, 11) is 0. The first kappa shape index (κ1) is 14.5. The van der Waals surface area contributed by atoms with Crippen molar-refractivity contribution in [3.63, 3.8) is 0 Å². The Kier molecular flexibility index (Phi) is 9.04. The lowest BCUT2D eigenvalue weighted by Gasteiger charge is -2.21. The summed E-state index contributed by atoms with van der Waals surface area (Å²) in [6.45, 7) is 0. The molecule has 17 heavy (non-hydrogen) atoms. The van der Waals surface area contributed by atoms with Crippen LogP contribution in [0.2, 0.25) is 0 Å². The average molecular weight is 236 g/mol. The summed E-state index contributed by atoms with van der Waals surface area (Å²) in [6, 6.07) is 0. The molecule has 0 amide bonds. The third kappa shape index (κ3) is 8.21. The minimum Gasteiger partial charge on any atom is -0.234 e. The zero-order valence-electron chi connectivity index (χ0n) is 11.3. The molecule has 0 unspecified atom stereocenters. The first-order valence-corrected chi connectivity index (χ1v) is 7.63. The molecule has 0 bridgehead atoms. The Labute approximate surface area is 107 Å². The van der Waals surface area contributed by atoms with E-state index < -0.39 is 0 Å². The van der Waals surface area contributed by atoms with Crippen molar-refractivity contribution >= 4 is 5.94 Å². The van der Waals surface area contributed by atoms with Gasteiger partial charge in [-0.1, -0.05) is 70.6 Å². The molecule has 98 valence electrons. The number of allylic oxidation sites excluding steroid dienone is 1. The normalized spacial score (nSPS) is 16.7. The van der Waals surface area contributed by atoms with Crippen molar-refractivity contribution in [3.05, 3.63) is 6.08 Å². The van der Waals surface area contributed by atoms with Gasteiger partial charge in [0, 0.05) is 0 Å². The first-order chi connectivity index (χ1) is 8.43. The predicted octanol–water partition coefficient (Wildman–Crippen LogP) is 5.08. The van der Waals surface area contributed by atoms with Gasteiger partial charge in [-0.15, -0.1) is 0 Å². The zero-order valence-corrected chi connectivity index (χ0v) is 11.3. The molecule has 0 radical (unpaired) electrons. The maximum Gasteiger partial charge on any atom is 0.120 e. The molecule has 1 saturated carbocycles. The van der Waals surface area contributed by atoms with E-state index in [0.29, 0.717) is 0 Å². The molecule has 1 aliphatic rings. The van der Waals surface area contributed by atoms with Gasteiger partial charge in [-0.25, -0.2) is 4.79 Å². The summed E-state index contributed by atoms with van der Waals surface area (Å²) in [5, 5.41) is 0. The van der Waals surface area contributed by atoms with Crippen LogP contribution >= 0.6 is 0 Å². The van der Waals surface area contributed by atoms with Gasteiger partial charge in [0.05, 0.1) is 0 Å². The maximum atomic E-state index is 9.95. The van der Waals surface area contributed by atoms with E-state index in [1.165, 1.54) is 70.6 Å². The maximum absolute atomic E-state index is 9.95. The Bertz CT molecular complexity index is 210. The fourth-order valence-electron chi connectivity index (χ4n) is 2.92. The molecule has 1 rings (SSSR count). The second-order valence-electron chi connectivity index (χ2n) is 5.52. The van der Waals surface area contributed by atoms with E-state index in [4.69, 9.17) is 0 Å². The molecule has 0 N–H and O–H groups in total. The van der Waals surface area contributed by atoms with Crippen LogP contribution in [0.1, 0.15) is 83.5 Å². The predicted molar refractivity (Wildman–Crippen MR) is 73.8 cm³/mol. The van der Waals surface area contributed by atoms with E-state index in [0.717, 1.165) is 18.8 Å². The molecule has 0 saturated heterocycles. The van der Waals surface area contributed by atoms with Crippen LogP contribution in [0.15, 0.2) is 6.08 Å². The molecule has 0 aromatic rings. The van der Waals surface area contributed by atoms with E-state index in [2.05, 4.69) is 0 Å². The number of hydrogen-bond donors (Lipinski definition) is 0. The molecule has 1 nitrogen and oxygen atoms in total. The lowest BCUT2D eigenvalue weighted by atomic mass is 9.85. The fourth-order valence-corrected chi connectivity index (χ4v) is 2.92. The molecule has 0 aromatic carbocycles. The SMILES string of the molecule is O=C=CCCCCCCCCC1CCCCC1. The molecule has 1 aliphatic carbocycles. The highest BCUT2D eigenvalue weighted by Crippen LogP contribution is 2.28. The van der Waals surface area contributed by atoms with Gasteiger partial charge < -0.3 is 0 Å². The lowest BCUT2D eigenvalue weighted by molar-refractivity contribution is 0.328. The van der Waals surface area contributed by atoms with Gasteiger partial charge in [0.25, 0.3) is 0 Å². The number of carbonyl (C=O) groups excluding carboxylic acids is 1. The topological polar surface area (TPSA) is 17.1 Å². The summed E-state index contributed by atoms with van der Waals surface area (Å²) < 4.78 is 0. The highest BCUT2D eigenvalue weighted by molar-refractivity contribution is 5.44. The first-order valence-electron chi connectivity index (χ1n) is 7.63. The highest BCUT2D eigenvalue weighted by Gasteiger charge is 2.12. The van der Waals surface area contributed by atoms with E-state index in [-0.39, 0.29) is 0 Å². The van der Waals surface area contributed by atoms with Crippen molar-refractivity contribution in [2.75, 3.05) is 0 Å². The monoisotopic (exact) mass is 236 g/mol. The molecule has 0 atom stereocenters. The van der Waals surface area contributed by atoms with Crippen molar-refractivity contribution in [2.24, 2.45) is 5.92 Å². The minimum atomic E-state index is 0.922. The lowest BCUT2D eigenvalue weighted by Crippen LogP contribution is -2.05. The summed E-state index contributed by atoms with van der Waals surface area (Å²) in [4.78, 5) is 9.95. The quantitative estimate of drug-likeness (QED) is 0.403. The molecule has 1 fully saturated rings. The fraction of sp³-hybridized carbons (Fsp3) is 0.875. The Balaban J connectivity index is 1.79. The third-order valence-corrected chi connectivity index (χ3v) is 4.02. The van der Waals surface area contributed by atoms with Gasteiger partial charge >= 0.3 is 0 Å². The molecule has 1 heteroatoms. The zero-order chi connectivity index (χ0) is 12.2. The van der Waals surface area contributed by atoms with Crippen LogP contribution in [-0.4, -0.2) is 5.94 Å². The van der Waals surface area contributed by atoms with Crippen LogP contribution in [-0.2, 0) is 4.79 Å². The molecule has 0 spiro atoms. The standard InChI is InChI=1S/C16H28O/c17-15-11-6-4-2-1-3-5-8-12-16-13-9-7-10-14-16/h11,16H,1-10,12-14H2. The minimum absolute atomic E-state index is 0.922. The number of hydrogen-bond acceptors (Lipinski definition) is 1. The van der Waals surface area contributed by atoms with Crippen LogP contribution < -0.4 is 0 Å². The van der Waals surface area contributed by atoms with Crippen molar-refractivity contribution in [3.8, 4) is 0 Å². The summed E-state index contributed by atoms with van der Waals surface area (Å²) in [6.07, 6.45) is 19.5. The molecule has 0 aliphatic heterocycles. The Morgan fingerprint density at radius 3 is 2.24 bits per heavy atom. The second kappa shape index (κ2) is 10.6. The molecule has 0 aromatic heterocycles. The van der Waals surface area contributed by atoms with Gasteiger partial charge in [0.2, 0.25) is 0 Å². The van der Waals surface area contributed by atoms with Crippen LogP contribution in [0.3, 0.4) is 0 Å². The van der Waals surface area contributed by atoms with Crippen LogP contribution in [0.5, 0.6) is 0 Å². The summed E-state index contributed by atoms with van der Waals surface area (Å²) in [5.41, 5.74) is 0. The Morgan fingerprint density at radius 2 is 1.53 bits per heavy atom. The van der Waals surface area contributed by atoms with E-state index in [1.807, 2.05) is 5.94 Å². The summed E-state index contributed by atoms with van der Waals surface area (Å²) in [5.74, 6) is 2.90. The van der Waals surface area contributed by atoms with Crippen molar-refractivity contribution in [1.29, 1.82) is 0 Å². The molecular weight excluding hydrogens is 208 g/mol.